The van der Waals surface area contributed by atoms with Crippen LogP contribution in [0.4, 0.5) is 11.4 Å². The number of halogens is 5. The highest BCUT2D eigenvalue weighted by atomic mass is 79.9. The number of piperazine rings is 2. The van der Waals surface area contributed by atoms with Crippen molar-refractivity contribution in [2.24, 2.45) is 0 Å². The van der Waals surface area contributed by atoms with Crippen molar-refractivity contribution < 1.29 is 24.2 Å². The first-order valence-corrected chi connectivity index (χ1v) is 19.6. The van der Waals surface area contributed by atoms with Crippen molar-refractivity contribution in [3.8, 4) is 23.3 Å². The molecule has 2 fully saturated rings. The van der Waals surface area contributed by atoms with Gasteiger partial charge >= 0.3 is 0 Å². The lowest BCUT2D eigenvalue weighted by molar-refractivity contribution is -0.133. The number of carbonyl (C=O) groups excluding carboxylic acids is 2. The Kier molecular flexibility index (Phi) is 14.9. The number of nitrogens with zero attached hydrogens (tertiary/aromatic N) is 8. The molecule has 0 radical (unpaired) electrons. The number of aromatic nitrogens is 4. The quantitative estimate of drug-likeness (QED) is 0.219. The molecule has 6 rings (SSSR count). The van der Waals surface area contributed by atoms with E-state index in [1.807, 2.05) is 53.1 Å². The maximum Gasteiger partial charge on any atom is 0.244 e. The lowest BCUT2D eigenvalue weighted by Gasteiger charge is -2.36. The van der Waals surface area contributed by atoms with Crippen molar-refractivity contribution >= 4 is 85.5 Å². The summed E-state index contributed by atoms with van der Waals surface area (Å²) < 4.78 is 14.3. The summed E-state index contributed by atoms with van der Waals surface area (Å²) in [7, 11) is 3.19. The number of carbonyl (C=O) groups is 2. The Morgan fingerprint density at radius 2 is 1.16 bits per heavy atom. The highest BCUT2D eigenvalue weighted by Crippen LogP contribution is 2.31. The first kappa shape index (κ1) is 42.3. The van der Waals surface area contributed by atoms with E-state index in [0.717, 1.165) is 30.2 Å². The number of hydrogen-bond acceptors (Lipinski definition) is 9. The molecule has 0 unspecified atom stereocenters. The van der Waals surface area contributed by atoms with Crippen LogP contribution >= 0.6 is 62.3 Å². The Morgan fingerprint density at radius 3 is 1.56 bits per heavy atom. The zero-order valence-electron chi connectivity index (χ0n) is 30.8. The summed E-state index contributed by atoms with van der Waals surface area (Å²) in [4.78, 5) is 33.4. The summed E-state index contributed by atoms with van der Waals surface area (Å²) >= 11 is 27.8. The third kappa shape index (κ3) is 10.3. The number of rotatable bonds is 8. The van der Waals surface area contributed by atoms with Gasteiger partial charge in [0.1, 0.15) is 35.8 Å². The van der Waals surface area contributed by atoms with Crippen LogP contribution in [0, 0.1) is 25.7 Å². The van der Waals surface area contributed by atoms with E-state index < -0.39 is 0 Å². The normalized spacial score (nSPS) is 14.2. The van der Waals surface area contributed by atoms with Crippen LogP contribution in [0.15, 0.2) is 41.0 Å². The van der Waals surface area contributed by atoms with Crippen LogP contribution in [0.5, 0.6) is 11.5 Å². The van der Waals surface area contributed by atoms with Crippen LogP contribution in [-0.4, -0.2) is 119 Å². The van der Waals surface area contributed by atoms with Crippen molar-refractivity contribution in [1.82, 2.24) is 29.4 Å². The van der Waals surface area contributed by atoms with Gasteiger partial charge < -0.3 is 34.2 Å². The fraction of sp³-hybridized carbons (Fsp3) is 0.405. The molecule has 0 atom stereocenters. The molecule has 2 aliphatic heterocycles. The lowest BCUT2D eigenvalue weighted by Crippen LogP contribution is -2.49. The molecule has 13 nitrogen and oxygen atoms in total. The van der Waals surface area contributed by atoms with Gasteiger partial charge in [-0.3, -0.25) is 19.0 Å². The number of aliphatic hydroxyl groups is 1. The number of anilines is 2. The SMILES string of the molecule is COc1cc(N2CCN(C(=O)Cn3nc(Br)c(Cl)c3C)CC2)ccc1Cl.COc1cc(N2CCN(C(=O)Cn3nc(C#CCO)c(Cl)c3C)CC2)ccc1Cl. The number of methoxy groups -OCH3 is 2. The van der Waals surface area contributed by atoms with Gasteiger partial charge in [0, 0.05) is 75.9 Å². The maximum atomic E-state index is 12.7. The van der Waals surface area contributed by atoms with E-state index in [0.29, 0.717) is 86.8 Å². The third-order valence-corrected chi connectivity index (χ3v) is 11.7. The Labute approximate surface area is 348 Å². The molecule has 4 aromatic rings. The molecule has 2 amide bonds. The minimum Gasteiger partial charge on any atom is -0.495 e. The topological polar surface area (TPSA) is 121 Å². The van der Waals surface area contributed by atoms with Gasteiger partial charge in [-0.1, -0.05) is 52.3 Å². The van der Waals surface area contributed by atoms with Crippen LogP contribution < -0.4 is 19.3 Å². The second-order valence-electron chi connectivity index (χ2n) is 12.6. The average molecular weight is 900 g/mol. The summed E-state index contributed by atoms with van der Waals surface area (Å²) in [6.45, 7) is 9.08. The predicted molar refractivity (Wildman–Crippen MR) is 219 cm³/mol. The summed E-state index contributed by atoms with van der Waals surface area (Å²) in [6.07, 6.45) is 0. The molecule has 2 saturated heterocycles. The minimum absolute atomic E-state index is 0.0257. The lowest BCUT2D eigenvalue weighted by atomic mass is 10.2. The summed E-state index contributed by atoms with van der Waals surface area (Å²) in [6, 6.07) is 11.4. The molecular formula is C37H41BrCl4N8O5. The van der Waals surface area contributed by atoms with Gasteiger partial charge in [0.2, 0.25) is 11.8 Å². The average Bonchev–Trinajstić information content (AvgIpc) is 3.60. The number of ether oxygens (including phenoxy) is 2. The highest BCUT2D eigenvalue weighted by molar-refractivity contribution is 9.10. The van der Waals surface area contributed by atoms with E-state index in [9.17, 15) is 9.59 Å². The standard InChI is InChI=1S/C20H22Cl2N4O3.C17H19BrCl2N4O2/c1-14-20(22)17(4-3-11-27)23-26(14)13-19(28)25-9-7-24(8-10-25)15-5-6-16(21)18(12-15)29-2;1-11-16(20)17(18)21-24(11)10-15(25)23-7-5-22(6-8-23)12-3-4-13(19)14(9-12)26-2/h5-6,12,27H,7-11,13H2,1-2H3;3-4,9H,5-8,10H2,1-2H3. The van der Waals surface area contributed by atoms with Crippen LogP contribution in [0.2, 0.25) is 20.1 Å². The van der Waals surface area contributed by atoms with E-state index in [1.165, 1.54) is 0 Å². The maximum absolute atomic E-state index is 12.7. The second kappa shape index (κ2) is 19.3. The van der Waals surface area contributed by atoms with Gasteiger partial charge in [0.15, 0.2) is 5.69 Å². The Morgan fingerprint density at radius 1 is 0.727 bits per heavy atom. The molecule has 294 valence electrons. The summed E-state index contributed by atoms with van der Waals surface area (Å²) in [5, 5.41) is 19.5. The van der Waals surface area contributed by atoms with Gasteiger partial charge in [0.25, 0.3) is 0 Å². The molecule has 0 aliphatic carbocycles. The van der Waals surface area contributed by atoms with Crippen molar-refractivity contribution in [2.75, 3.05) is 83.0 Å². The summed E-state index contributed by atoms with van der Waals surface area (Å²) in [5.74, 6) is 6.52. The monoisotopic (exact) mass is 896 g/mol. The molecule has 4 heterocycles. The Hall–Kier alpha value is -3.84. The van der Waals surface area contributed by atoms with Crippen molar-refractivity contribution in [2.45, 2.75) is 26.9 Å². The van der Waals surface area contributed by atoms with Gasteiger partial charge in [-0.05, 0) is 60.0 Å². The van der Waals surface area contributed by atoms with E-state index in [-0.39, 0.29) is 31.5 Å². The third-order valence-electron chi connectivity index (χ3n) is 9.35. The van der Waals surface area contributed by atoms with E-state index >= 15 is 0 Å². The second-order valence-corrected chi connectivity index (χ2v) is 14.9. The predicted octanol–water partition coefficient (Wildman–Crippen LogP) is 5.82. The minimum atomic E-state index is -0.273. The fourth-order valence-electron chi connectivity index (χ4n) is 6.10. The van der Waals surface area contributed by atoms with E-state index in [4.69, 9.17) is 61.0 Å². The Bertz CT molecular complexity index is 2070. The first-order valence-electron chi connectivity index (χ1n) is 17.3. The highest BCUT2D eigenvalue weighted by Gasteiger charge is 2.25. The number of benzene rings is 2. The van der Waals surface area contributed by atoms with Crippen LogP contribution in [-0.2, 0) is 22.7 Å². The first-order chi connectivity index (χ1) is 26.3. The van der Waals surface area contributed by atoms with Crippen molar-refractivity contribution in [3.05, 3.63) is 78.2 Å². The van der Waals surface area contributed by atoms with Crippen LogP contribution in [0.25, 0.3) is 0 Å². The molecule has 55 heavy (non-hydrogen) atoms. The smallest absolute Gasteiger partial charge is 0.244 e. The molecule has 0 saturated carbocycles. The Balaban J connectivity index is 0.000000212. The summed E-state index contributed by atoms with van der Waals surface area (Å²) in [5.41, 5.74) is 3.87. The molecular weight excluding hydrogens is 858 g/mol. The zero-order chi connectivity index (χ0) is 39.8. The van der Waals surface area contributed by atoms with Crippen LogP contribution in [0.1, 0.15) is 17.1 Å². The van der Waals surface area contributed by atoms with Gasteiger partial charge in [0.05, 0.1) is 45.7 Å². The molecule has 1 N–H and O–H groups in total. The van der Waals surface area contributed by atoms with E-state index in [2.05, 4.69) is 47.8 Å². The van der Waals surface area contributed by atoms with Crippen LogP contribution in [0.3, 0.4) is 0 Å². The molecule has 2 aliphatic rings. The molecule has 0 spiro atoms. The van der Waals surface area contributed by atoms with E-state index in [1.54, 1.807) is 30.5 Å². The largest absolute Gasteiger partial charge is 0.495 e. The fourth-order valence-corrected chi connectivity index (χ4v) is 7.28. The van der Waals surface area contributed by atoms with Crippen molar-refractivity contribution in [1.29, 1.82) is 0 Å². The van der Waals surface area contributed by atoms with Gasteiger partial charge in [-0.15, -0.1) is 0 Å². The van der Waals surface area contributed by atoms with Gasteiger partial charge in [-0.2, -0.15) is 10.2 Å². The van der Waals surface area contributed by atoms with Crippen molar-refractivity contribution in [3.63, 3.8) is 0 Å². The molecule has 18 heteroatoms. The molecule has 2 aromatic heterocycles. The number of aliphatic hydroxyl groups excluding tert-OH is 1. The number of hydrogen-bond donors (Lipinski definition) is 1. The van der Waals surface area contributed by atoms with Gasteiger partial charge in [-0.25, -0.2) is 0 Å². The molecule has 0 bridgehead atoms. The number of amides is 2. The molecule has 2 aromatic carbocycles. The zero-order valence-corrected chi connectivity index (χ0v) is 35.4.